The number of benzene rings is 1. The van der Waals surface area contributed by atoms with Crippen LogP contribution in [0.1, 0.15) is 31.0 Å². The van der Waals surface area contributed by atoms with Gasteiger partial charge in [-0.25, -0.2) is 4.98 Å². The standard InChI is InChI=1S/C20H25N3O2S/c1-3-21-19(25)16-5-4-10-23(12-16)18(24)11-17-13-26-20(22-17)15-8-6-14(2)7-9-15/h6-9,13,16H,3-5,10-12H2,1-2H3,(H,21,25). The van der Waals surface area contributed by atoms with Gasteiger partial charge in [-0.3, -0.25) is 9.59 Å². The predicted molar refractivity (Wildman–Crippen MR) is 104 cm³/mol. The third-order valence-electron chi connectivity index (χ3n) is 4.68. The molecule has 2 amide bonds. The number of rotatable bonds is 5. The van der Waals surface area contributed by atoms with Crippen molar-refractivity contribution >= 4 is 23.2 Å². The highest BCUT2D eigenvalue weighted by molar-refractivity contribution is 7.13. The number of amides is 2. The Bertz CT molecular complexity index is 770. The molecule has 1 aliphatic rings. The highest BCUT2D eigenvalue weighted by Crippen LogP contribution is 2.25. The van der Waals surface area contributed by atoms with Crippen LogP contribution in [0, 0.1) is 12.8 Å². The van der Waals surface area contributed by atoms with E-state index in [1.807, 2.05) is 17.2 Å². The fourth-order valence-corrected chi connectivity index (χ4v) is 4.05. The Morgan fingerprint density at radius 3 is 2.81 bits per heavy atom. The summed E-state index contributed by atoms with van der Waals surface area (Å²) in [6.45, 7) is 5.84. The number of piperidine rings is 1. The number of aromatic nitrogens is 1. The van der Waals surface area contributed by atoms with Crippen LogP contribution in [0.5, 0.6) is 0 Å². The van der Waals surface area contributed by atoms with Crippen LogP contribution in [0.3, 0.4) is 0 Å². The van der Waals surface area contributed by atoms with E-state index in [0.717, 1.165) is 35.7 Å². The largest absolute Gasteiger partial charge is 0.356 e. The summed E-state index contributed by atoms with van der Waals surface area (Å²) in [6, 6.07) is 8.25. The Labute approximate surface area is 158 Å². The summed E-state index contributed by atoms with van der Waals surface area (Å²) in [5.41, 5.74) is 3.09. The maximum atomic E-state index is 12.6. The van der Waals surface area contributed by atoms with Gasteiger partial charge in [0.1, 0.15) is 5.01 Å². The quantitative estimate of drug-likeness (QED) is 0.879. The molecule has 1 atom stereocenters. The summed E-state index contributed by atoms with van der Waals surface area (Å²) in [6.07, 6.45) is 2.02. The molecule has 1 aliphatic heterocycles. The van der Waals surface area contributed by atoms with Crippen molar-refractivity contribution in [2.45, 2.75) is 33.1 Å². The van der Waals surface area contributed by atoms with Gasteiger partial charge in [-0.1, -0.05) is 29.8 Å². The second-order valence-corrected chi connectivity index (χ2v) is 7.62. The smallest absolute Gasteiger partial charge is 0.228 e. The number of carbonyl (C=O) groups excluding carboxylic acids is 2. The molecule has 1 aromatic heterocycles. The van der Waals surface area contributed by atoms with Crippen LogP contribution in [0.2, 0.25) is 0 Å². The van der Waals surface area contributed by atoms with Gasteiger partial charge in [0, 0.05) is 30.6 Å². The Morgan fingerprint density at radius 2 is 2.08 bits per heavy atom. The Kier molecular flexibility index (Phi) is 6.04. The van der Waals surface area contributed by atoms with E-state index in [1.165, 1.54) is 5.56 Å². The summed E-state index contributed by atoms with van der Waals surface area (Å²) in [4.78, 5) is 31.1. The molecule has 0 spiro atoms. The lowest BCUT2D eigenvalue weighted by atomic mass is 9.97. The fourth-order valence-electron chi connectivity index (χ4n) is 3.22. The van der Waals surface area contributed by atoms with E-state index < -0.39 is 0 Å². The van der Waals surface area contributed by atoms with Crippen LogP contribution >= 0.6 is 11.3 Å². The molecule has 0 radical (unpaired) electrons. The van der Waals surface area contributed by atoms with E-state index in [-0.39, 0.29) is 17.7 Å². The van der Waals surface area contributed by atoms with Crippen LogP contribution in [-0.4, -0.2) is 41.3 Å². The van der Waals surface area contributed by atoms with E-state index in [1.54, 1.807) is 11.3 Å². The molecule has 3 rings (SSSR count). The van der Waals surface area contributed by atoms with Gasteiger partial charge in [0.25, 0.3) is 0 Å². The van der Waals surface area contributed by atoms with Crippen molar-refractivity contribution in [2.75, 3.05) is 19.6 Å². The van der Waals surface area contributed by atoms with E-state index >= 15 is 0 Å². The molecule has 1 fully saturated rings. The van der Waals surface area contributed by atoms with Crippen molar-refractivity contribution in [3.05, 3.63) is 40.9 Å². The molecule has 6 heteroatoms. The van der Waals surface area contributed by atoms with Gasteiger partial charge < -0.3 is 10.2 Å². The number of carbonyl (C=O) groups is 2. The maximum Gasteiger partial charge on any atom is 0.228 e. The summed E-state index contributed by atoms with van der Waals surface area (Å²) < 4.78 is 0. The zero-order valence-corrected chi connectivity index (χ0v) is 16.1. The predicted octanol–water partition coefficient (Wildman–Crippen LogP) is 3.04. The first kappa shape index (κ1) is 18.6. The van der Waals surface area contributed by atoms with Gasteiger partial charge in [0.2, 0.25) is 11.8 Å². The second-order valence-electron chi connectivity index (χ2n) is 6.76. The van der Waals surface area contributed by atoms with Crippen LogP contribution in [-0.2, 0) is 16.0 Å². The number of nitrogens with one attached hydrogen (secondary N) is 1. The van der Waals surface area contributed by atoms with Crippen LogP contribution in [0.25, 0.3) is 10.6 Å². The van der Waals surface area contributed by atoms with E-state index in [0.29, 0.717) is 19.5 Å². The van der Waals surface area contributed by atoms with E-state index in [9.17, 15) is 9.59 Å². The number of nitrogens with zero attached hydrogens (tertiary/aromatic N) is 2. The molecule has 2 aromatic rings. The zero-order chi connectivity index (χ0) is 18.5. The summed E-state index contributed by atoms with van der Waals surface area (Å²) >= 11 is 1.56. The number of hydrogen-bond donors (Lipinski definition) is 1. The van der Waals surface area contributed by atoms with E-state index in [2.05, 4.69) is 41.5 Å². The highest BCUT2D eigenvalue weighted by atomic mass is 32.1. The lowest BCUT2D eigenvalue weighted by molar-refractivity contribution is -0.135. The van der Waals surface area contributed by atoms with Gasteiger partial charge in [0.15, 0.2) is 0 Å². The molecular formula is C20H25N3O2S. The molecule has 1 unspecified atom stereocenters. The summed E-state index contributed by atoms with van der Waals surface area (Å²) in [5, 5.41) is 5.76. The van der Waals surface area contributed by atoms with Gasteiger partial charge in [-0.05, 0) is 26.7 Å². The van der Waals surface area contributed by atoms with E-state index in [4.69, 9.17) is 0 Å². The number of likely N-dealkylation sites (tertiary alicyclic amines) is 1. The molecule has 0 aliphatic carbocycles. The zero-order valence-electron chi connectivity index (χ0n) is 15.3. The number of thiazole rings is 1. The molecule has 1 aromatic carbocycles. The average molecular weight is 372 g/mol. The molecule has 138 valence electrons. The molecule has 1 saturated heterocycles. The molecular weight excluding hydrogens is 346 g/mol. The SMILES string of the molecule is CCNC(=O)C1CCCN(C(=O)Cc2csc(-c3ccc(C)cc3)n2)C1. The summed E-state index contributed by atoms with van der Waals surface area (Å²) in [5.74, 6) is 0.0197. The van der Waals surface area contributed by atoms with Gasteiger partial charge >= 0.3 is 0 Å². The first-order chi connectivity index (χ1) is 12.6. The molecule has 0 bridgehead atoms. The minimum absolute atomic E-state index is 0.0553. The van der Waals surface area contributed by atoms with Gasteiger partial charge in [-0.15, -0.1) is 11.3 Å². The Morgan fingerprint density at radius 1 is 1.31 bits per heavy atom. The van der Waals surface area contributed by atoms with Crippen molar-refractivity contribution in [1.29, 1.82) is 0 Å². The summed E-state index contributed by atoms with van der Waals surface area (Å²) in [7, 11) is 0. The monoisotopic (exact) mass is 371 g/mol. The molecule has 26 heavy (non-hydrogen) atoms. The average Bonchev–Trinajstić information content (AvgIpc) is 3.11. The van der Waals surface area contributed by atoms with Crippen molar-refractivity contribution in [3.63, 3.8) is 0 Å². The van der Waals surface area contributed by atoms with Crippen LogP contribution < -0.4 is 5.32 Å². The van der Waals surface area contributed by atoms with Crippen molar-refractivity contribution in [2.24, 2.45) is 5.92 Å². The van der Waals surface area contributed by atoms with Crippen LogP contribution in [0.4, 0.5) is 0 Å². The maximum absolute atomic E-state index is 12.6. The normalized spacial score (nSPS) is 17.2. The molecule has 1 N–H and O–H groups in total. The van der Waals surface area contributed by atoms with Crippen molar-refractivity contribution < 1.29 is 9.59 Å². The second kappa shape index (κ2) is 8.45. The lowest BCUT2D eigenvalue weighted by Crippen LogP contribution is -2.45. The third-order valence-corrected chi connectivity index (χ3v) is 5.62. The van der Waals surface area contributed by atoms with Crippen molar-refractivity contribution in [3.8, 4) is 10.6 Å². The highest BCUT2D eigenvalue weighted by Gasteiger charge is 2.28. The first-order valence-electron chi connectivity index (χ1n) is 9.13. The van der Waals surface area contributed by atoms with Crippen LogP contribution in [0.15, 0.2) is 29.6 Å². The molecule has 2 heterocycles. The van der Waals surface area contributed by atoms with Gasteiger partial charge in [0.05, 0.1) is 18.0 Å². The Hall–Kier alpha value is -2.21. The first-order valence-corrected chi connectivity index (χ1v) is 10.0. The van der Waals surface area contributed by atoms with Gasteiger partial charge in [-0.2, -0.15) is 0 Å². The third kappa shape index (κ3) is 4.49. The molecule has 0 saturated carbocycles. The minimum Gasteiger partial charge on any atom is -0.356 e. The minimum atomic E-state index is -0.0915. The lowest BCUT2D eigenvalue weighted by Gasteiger charge is -2.32. The number of hydrogen-bond acceptors (Lipinski definition) is 4. The topological polar surface area (TPSA) is 62.3 Å². The Balaban J connectivity index is 1.61. The van der Waals surface area contributed by atoms with Crippen molar-refractivity contribution in [1.82, 2.24) is 15.2 Å². The number of aryl methyl sites for hydroxylation is 1. The molecule has 5 nitrogen and oxygen atoms in total. The fraction of sp³-hybridized carbons (Fsp3) is 0.450.